The highest BCUT2D eigenvalue weighted by atomic mass is 35.5. The van der Waals surface area contributed by atoms with Crippen LogP contribution in [0.5, 0.6) is 0 Å². The summed E-state index contributed by atoms with van der Waals surface area (Å²) in [5.41, 5.74) is 4.33. The first-order valence-corrected chi connectivity index (χ1v) is 8.10. The van der Waals surface area contributed by atoms with E-state index >= 15 is 0 Å². The molecule has 1 aliphatic heterocycles. The van der Waals surface area contributed by atoms with Crippen molar-refractivity contribution in [2.45, 2.75) is 46.6 Å². The van der Waals surface area contributed by atoms with Gasteiger partial charge in [-0.05, 0) is 49.3 Å². The molecule has 0 amide bonds. The lowest BCUT2D eigenvalue weighted by atomic mass is 9.93. The molecule has 0 spiro atoms. The number of hydrogen-bond donors (Lipinski definition) is 1. The molecule has 0 aliphatic carbocycles. The van der Waals surface area contributed by atoms with Crippen molar-refractivity contribution in [1.29, 1.82) is 0 Å². The van der Waals surface area contributed by atoms with Crippen LogP contribution in [-0.4, -0.2) is 31.1 Å². The highest BCUT2D eigenvalue weighted by molar-refractivity contribution is 5.85. The standard InChI is InChI=1S/C18H30N2.2ClH/c1-14(2)5-8-18(20-11-9-19-10-12-20)17-7-6-15(3)16(4)13-17;;/h6-7,13-14,18-19H,5,8-12H2,1-4H3;2*1H/t18-;;/m1../s1. The minimum atomic E-state index is 0. The molecule has 1 N–H and O–H groups in total. The first kappa shape index (κ1) is 21.7. The molecule has 2 rings (SSSR count). The van der Waals surface area contributed by atoms with Crippen molar-refractivity contribution >= 4 is 24.8 Å². The summed E-state index contributed by atoms with van der Waals surface area (Å²) in [5.74, 6) is 0.784. The van der Waals surface area contributed by atoms with E-state index in [1.54, 1.807) is 0 Å². The van der Waals surface area contributed by atoms with Gasteiger partial charge in [-0.15, -0.1) is 24.8 Å². The van der Waals surface area contributed by atoms with Crippen LogP contribution in [-0.2, 0) is 0 Å². The number of nitrogens with zero attached hydrogens (tertiary/aromatic N) is 1. The molecule has 1 saturated heterocycles. The minimum Gasteiger partial charge on any atom is -0.314 e. The van der Waals surface area contributed by atoms with Crippen molar-refractivity contribution in [3.8, 4) is 0 Å². The van der Waals surface area contributed by atoms with Gasteiger partial charge in [-0.1, -0.05) is 32.0 Å². The maximum Gasteiger partial charge on any atom is 0.0349 e. The van der Waals surface area contributed by atoms with Gasteiger partial charge < -0.3 is 5.32 Å². The monoisotopic (exact) mass is 346 g/mol. The maximum atomic E-state index is 3.46. The van der Waals surface area contributed by atoms with Gasteiger partial charge in [0, 0.05) is 32.2 Å². The number of aryl methyl sites for hydroxylation is 2. The second-order valence-corrected chi connectivity index (χ2v) is 6.62. The first-order valence-electron chi connectivity index (χ1n) is 8.10. The Morgan fingerprint density at radius 1 is 1.00 bits per heavy atom. The van der Waals surface area contributed by atoms with Crippen LogP contribution in [0.15, 0.2) is 18.2 Å². The highest BCUT2D eigenvalue weighted by Gasteiger charge is 2.22. The zero-order chi connectivity index (χ0) is 14.5. The number of halogens is 2. The summed E-state index contributed by atoms with van der Waals surface area (Å²) < 4.78 is 0. The molecule has 4 heteroatoms. The van der Waals surface area contributed by atoms with E-state index in [0.29, 0.717) is 6.04 Å². The Labute approximate surface area is 148 Å². The molecule has 1 aliphatic rings. The highest BCUT2D eigenvalue weighted by Crippen LogP contribution is 2.29. The Balaban J connectivity index is 0.00000220. The second-order valence-electron chi connectivity index (χ2n) is 6.62. The van der Waals surface area contributed by atoms with E-state index in [0.717, 1.165) is 19.0 Å². The largest absolute Gasteiger partial charge is 0.314 e. The van der Waals surface area contributed by atoms with E-state index in [1.807, 2.05) is 0 Å². The maximum absolute atomic E-state index is 3.46. The Bertz CT molecular complexity index is 429. The van der Waals surface area contributed by atoms with Gasteiger partial charge in [0.05, 0.1) is 0 Å². The molecule has 22 heavy (non-hydrogen) atoms. The van der Waals surface area contributed by atoms with Crippen molar-refractivity contribution in [2.75, 3.05) is 26.2 Å². The molecule has 0 aromatic heterocycles. The normalized spacial score (nSPS) is 16.8. The summed E-state index contributed by atoms with van der Waals surface area (Å²) in [6.07, 6.45) is 2.59. The van der Waals surface area contributed by atoms with Crippen molar-refractivity contribution in [1.82, 2.24) is 10.2 Å². The van der Waals surface area contributed by atoms with Crippen LogP contribution in [0.2, 0.25) is 0 Å². The zero-order valence-corrected chi connectivity index (χ0v) is 16.0. The Morgan fingerprint density at radius 3 is 2.18 bits per heavy atom. The molecule has 1 heterocycles. The van der Waals surface area contributed by atoms with Gasteiger partial charge in [0.1, 0.15) is 0 Å². The topological polar surface area (TPSA) is 15.3 Å². The van der Waals surface area contributed by atoms with Crippen LogP contribution < -0.4 is 5.32 Å². The number of rotatable bonds is 5. The summed E-state index contributed by atoms with van der Waals surface area (Å²) in [6, 6.07) is 7.63. The number of hydrogen-bond acceptors (Lipinski definition) is 2. The third-order valence-corrected chi connectivity index (χ3v) is 4.53. The molecule has 0 radical (unpaired) electrons. The molecule has 1 aromatic rings. The van der Waals surface area contributed by atoms with E-state index in [9.17, 15) is 0 Å². The SMILES string of the molecule is Cc1ccc([C@@H](CCC(C)C)N2CCNCC2)cc1C.Cl.Cl. The number of piperazine rings is 1. The third kappa shape index (κ3) is 6.08. The van der Waals surface area contributed by atoms with Crippen LogP contribution in [0, 0.1) is 19.8 Å². The predicted octanol–water partition coefficient (Wildman–Crippen LogP) is 4.53. The van der Waals surface area contributed by atoms with Gasteiger partial charge in [-0.2, -0.15) is 0 Å². The fraction of sp³-hybridized carbons (Fsp3) is 0.667. The van der Waals surface area contributed by atoms with E-state index < -0.39 is 0 Å². The summed E-state index contributed by atoms with van der Waals surface area (Å²) in [6.45, 7) is 13.7. The lowest BCUT2D eigenvalue weighted by Gasteiger charge is -2.36. The quantitative estimate of drug-likeness (QED) is 0.842. The van der Waals surface area contributed by atoms with E-state index in [1.165, 1.54) is 42.6 Å². The van der Waals surface area contributed by atoms with E-state index in [2.05, 4.69) is 56.1 Å². The van der Waals surface area contributed by atoms with Crippen LogP contribution in [0.1, 0.15) is 49.4 Å². The molecule has 1 fully saturated rings. The fourth-order valence-corrected chi connectivity index (χ4v) is 3.02. The Hall–Kier alpha value is -0.280. The van der Waals surface area contributed by atoms with Crippen LogP contribution in [0.25, 0.3) is 0 Å². The average molecular weight is 347 g/mol. The van der Waals surface area contributed by atoms with Gasteiger partial charge in [0.2, 0.25) is 0 Å². The molecule has 0 bridgehead atoms. The van der Waals surface area contributed by atoms with Gasteiger partial charge in [0.15, 0.2) is 0 Å². The van der Waals surface area contributed by atoms with E-state index in [-0.39, 0.29) is 24.8 Å². The first-order chi connectivity index (χ1) is 9.58. The van der Waals surface area contributed by atoms with E-state index in [4.69, 9.17) is 0 Å². The summed E-state index contributed by atoms with van der Waals surface area (Å²) in [7, 11) is 0. The smallest absolute Gasteiger partial charge is 0.0349 e. The molecule has 1 aromatic carbocycles. The Kier molecular flexibility index (Phi) is 10.4. The Morgan fingerprint density at radius 2 is 1.64 bits per heavy atom. The fourth-order valence-electron chi connectivity index (χ4n) is 3.02. The molecule has 0 saturated carbocycles. The van der Waals surface area contributed by atoms with Crippen LogP contribution in [0.4, 0.5) is 0 Å². The van der Waals surface area contributed by atoms with Crippen molar-refractivity contribution < 1.29 is 0 Å². The molecule has 128 valence electrons. The van der Waals surface area contributed by atoms with Crippen molar-refractivity contribution in [2.24, 2.45) is 5.92 Å². The average Bonchev–Trinajstić information content (AvgIpc) is 2.44. The van der Waals surface area contributed by atoms with Gasteiger partial charge in [-0.25, -0.2) is 0 Å². The summed E-state index contributed by atoms with van der Waals surface area (Å²) >= 11 is 0. The summed E-state index contributed by atoms with van der Waals surface area (Å²) in [4.78, 5) is 2.67. The van der Waals surface area contributed by atoms with Gasteiger partial charge in [-0.3, -0.25) is 4.90 Å². The van der Waals surface area contributed by atoms with Crippen molar-refractivity contribution in [3.63, 3.8) is 0 Å². The lowest BCUT2D eigenvalue weighted by Crippen LogP contribution is -2.45. The zero-order valence-electron chi connectivity index (χ0n) is 14.4. The number of nitrogens with one attached hydrogen (secondary N) is 1. The van der Waals surface area contributed by atoms with Crippen LogP contribution in [0.3, 0.4) is 0 Å². The predicted molar refractivity (Wildman–Crippen MR) is 102 cm³/mol. The van der Waals surface area contributed by atoms with Crippen molar-refractivity contribution in [3.05, 3.63) is 34.9 Å². The molecule has 0 unspecified atom stereocenters. The molecule has 1 atom stereocenters. The van der Waals surface area contributed by atoms with Gasteiger partial charge in [0.25, 0.3) is 0 Å². The molecular formula is C18H32Cl2N2. The minimum absolute atomic E-state index is 0. The molecule has 2 nitrogen and oxygen atoms in total. The third-order valence-electron chi connectivity index (χ3n) is 4.53. The number of benzene rings is 1. The van der Waals surface area contributed by atoms with Crippen LogP contribution >= 0.6 is 24.8 Å². The second kappa shape index (κ2) is 10.5. The molecular weight excluding hydrogens is 315 g/mol. The van der Waals surface area contributed by atoms with Gasteiger partial charge >= 0.3 is 0 Å². The lowest BCUT2D eigenvalue weighted by molar-refractivity contribution is 0.159. The summed E-state index contributed by atoms with van der Waals surface area (Å²) in [5, 5.41) is 3.46.